The molecule has 112 valence electrons. The van der Waals surface area contributed by atoms with Crippen molar-refractivity contribution < 1.29 is 4.74 Å². The van der Waals surface area contributed by atoms with Crippen LogP contribution in [0.1, 0.15) is 25.8 Å². The molecule has 0 aliphatic carbocycles. The van der Waals surface area contributed by atoms with Crippen molar-refractivity contribution in [1.29, 1.82) is 0 Å². The zero-order chi connectivity index (χ0) is 15.2. The van der Waals surface area contributed by atoms with Crippen molar-refractivity contribution in [3.63, 3.8) is 0 Å². The topological polar surface area (TPSA) is 35.2 Å². The van der Waals surface area contributed by atoms with E-state index in [1.165, 1.54) is 16.7 Å². The van der Waals surface area contributed by atoms with E-state index < -0.39 is 0 Å². The van der Waals surface area contributed by atoms with Gasteiger partial charge >= 0.3 is 0 Å². The fraction of sp³-hybridized carbons (Fsp3) is 0.368. The van der Waals surface area contributed by atoms with Crippen LogP contribution in [0.15, 0.2) is 48.5 Å². The minimum atomic E-state index is 0.247. The molecule has 2 rings (SSSR count). The number of hydrogen-bond acceptors (Lipinski definition) is 2. The molecular formula is C19H25NO. The van der Waals surface area contributed by atoms with Crippen molar-refractivity contribution in [3.8, 4) is 16.9 Å². The molecule has 2 aromatic rings. The standard InChI is InChI=1S/C19H25NO/c1-14(2)12-18(20)13-15-4-6-16(7-5-15)17-8-10-19(21-3)11-9-17/h4-11,14,18H,12-13,20H2,1-3H3. The summed E-state index contributed by atoms with van der Waals surface area (Å²) < 4.78 is 5.19. The second-order valence-electron chi connectivity index (χ2n) is 6.02. The van der Waals surface area contributed by atoms with E-state index in [0.717, 1.165) is 18.6 Å². The molecule has 21 heavy (non-hydrogen) atoms. The van der Waals surface area contributed by atoms with Crippen LogP contribution in [-0.2, 0) is 6.42 Å². The third kappa shape index (κ3) is 4.61. The van der Waals surface area contributed by atoms with Crippen molar-refractivity contribution in [2.24, 2.45) is 11.7 Å². The molecular weight excluding hydrogens is 258 g/mol. The maximum Gasteiger partial charge on any atom is 0.118 e. The van der Waals surface area contributed by atoms with E-state index in [0.29, 0.717) is 5.92 Å². The summed E-state index contributed by atoms with van der Waals surface area (Å²) in [5, 5.41) is 0. The minimum absolute atomic E-state index is 0.247. The zero-order valence-electron chi connectivity index (χ0n) is 13.2. The van der Waals surface area contributed by atoms with Crippen LogP contribution in [0.2, 0.25) is 0 Å². The largest absolute Gasteiger partial charge is 0.497 e. The van der Waals surface area contributed by atoms with E-state index >= 15 is 0 Å². The van der Waals surface area contributed by atoms with E-state index in [2.05, 4.69) is 50.2 Å². The highest BCUT2D eigenvalue weighted by molar-refractivity contribution is 5.64. The second-order valence-corrected chi connectivity index (χ2v) is 6.02. The van der Waals surface area contributed by atoms with Gasteiger partial charge in [-0.05, 0) is 47.6 Å². The summed E-state index contributed by atoms with van der Waals surface area (Å²) in [6.45, 7) is 4.43. The van der Waals surface area contributed by atoms with Gasteiger partial charge in [-0.2, -0.15) is 0 Å². The Morgan fingerprint density at radius 3 is 1.90 bits per heavy atom. The molecule has 0 heterocycles. The summed E-state index contributed by atoms with van der Waals surface area (Å²) in [5.41, 5.74) is 9.90. The Morgan fingerprint density at radius 1 is 0.905 bits per heavy atom. The Kier molecular flexibility index (Phi) is 5.40. The first-order valence-corrected chi connectivity index (χ1v) is 7.57. The van der Waals surface area contributed by atoms with Gasteiger partial charge in [0.05, 0.1) is 7.11 Å². The highest BCUT2D eigenvalue weighted by atomic mass is 16.5. The Bertz CT molecular complexity index is 543. The van der Waals surface area contributed by atoms with Gasteiger partial charge in [-0.15, -0.1) is 0 Å². The predicted molar refractivity (Wildman–Crippen MR) is 89.6 cm³/mol. The number of benzene rings is 2. The lowest BCUT2D eigenvalue weighted by atomic mass is 9.96. The maximum atomic E-state index is 6.17. The average Bonchev–Trinajstić information content (AvgIpc) is 2.47. The van der Waals surface area contributed by atoms with E-state index in [-0.39, 0.29) is 6.04 Å². The fourth-order valence-corrected chi connectivity index (χ4v) is 2.61. The van der Waals surface area contributed by atoms with Gasteiger partial charge in [0.1, 0.15) is 5.75 Å². The molecule has 1 unspecified atom stereocenters. The maximum absolute atomic E-state index is 6.17. The van der Waals surface area contributed by atoms with E-state index in [1.54, 1.807) is 7.11 Å². The average molecular weight is 283 g/mol. The third-order valence-electron chi connectivity index (χ3n) is 3.65. The fourth-order valence-electron chi connectivity index (χ4n) is 2.61. The lowest BCUT2D eigenvalue weighted by Gasteiger charge is -2.14. The van der Waals surface area contributed by atoms with E-state index in [4.69, 9.17) is 10.5 Å². The summed E-state index contributed by atoms with van der Waals surface area (Å²) in [5.74, 6) is 1.54. The molecule has 0 radical (unpaired) electrons. The predicted octanol–water partition coefficient (Wildman–Crippen LogP) is 4.28. The van der Waals surface area contributed by atoms with Gasteiger partial charge in [0.2, 0.25) is 0 Å². The molecule has 0 fully saturated rings. The smallest absolute Gasteiger partial charge is 0.118 e. The van der Waals surface area contributed by atoms with Crippen molar-refractivity contribution >= 4 is 0 Å². The molecule has 1 atom stereocenters. The lowest BCUT2D eigenvalue weighted by Crippen LogP contribution is -2.24. The molecule has 0 aliphatic heterocycles. The molecule has 2 heteroatoms. The van der Waals surface area contributed by atoms with Gasteiger partial charge in [-0.1, -0.05) is 50.2 Å². The van der Waals surface area contributed by atoms with Crippen LogP contribution in [0.4, 0.5) is 0 Å². The highest BCUT2D eigenvalue weighted by Gasteiger charge is 2.07. The van der Waals surface area contributed by atoms with Crippen LogP contribution in [0, 0.1) is 5.92 Å². The Hall–Kier alpha value is -1.80. The van der Waals surface area contributed by atoms with Gasteiger partial charge in [-0.3, -0.25) is 0 Å². The van der Waals surface area contributed by atoms with Crippen LogP contribution in [0.5, 0.6) is 5.75 Å². The van der Waals surface area contributed by atoms with Crippen LogP contribution < -0.4 is 10.5 Å². The normalized spacial score (nSPS) is 12.4. The van der Waals surface area contributed by atoms with Gasteiger partial charge in [0, 0.05) is 6.04 Å². The lowest BCUT2D eigenvalue weighted by molar-refractivity contribution is 0.415. The molecule has 2 aromatic carbocycles. The quantitative estimate of drug-likeness (QED) is 0.859. The molecule has 0 saturated heterocycles. The number of ether oxygens (including phenoxy) is 1. The van der Waals surface area contributed by atoms with Crippen LogP contribution >= 0.6 is 0 Å². The van der Waals surface area contributed by atoms with Crippen molar-refractivity contribution in [1.82, 2.24) is 0 Å². The van der Waals surface area contributed by atoms with Crippen LogP contribution in [-0.4, -0.2) is 13.2 Å². The molecule has 0 bridgehead atoms. The highest BCUT2D eigenvalue weighted by Crippen LogP contribution is 2.23. The van der Waals surface area contributed by atoms with Gasteiger partial charge in [0.25, 0.3) is 0 Å². The first-order chi connectivity index (χ1) is 10.1. The van der Waals surface area contributed by atoms with Crippen LogP contribution in [0.3, 0.4) is 0 Å². The zero-order valence-corrected chi connectivity index (χ0v) is 13.2. The van der Waals surface area contributed by atoms with Gasteiger partial charge in [-0.25, -0.2) is 0 Å². The summed E-state index contributed by atoms with van der Waals surface area (Å²) in [4.78, 5) is 0. The molecule has 2 nitrogen and oxygen atoms in total. The molecule has 0 amide bonds. The Balaban J connectivity index is 2.04. The molecule has 2 N–H and O–H groups in total. The summed E-state index contributed by atoms with van der Waals surface area (Å²) in [7, 11) is 1.68. The molecule has 0 saturated carbocycles. The second kappa shape index (κ2) is 7.28. The van der Waals surface area contributed by atoms with Crippen LogP contribution in [0.25, 0.3) is 11.1 Å². The number of hydrogen-bond donors (Lipinski definition) is 1. The van der Waals surface area contributed by atoms with Gasteiger partial charge < -0.3 is 10.5 Å². The third-order valence-corrected chi connectivity index (χ3v) is 3.65. The number of nitrogens with two attached hydrogens (primary N) is 1. The Morgan fingerprint density at radius 2 is 1.43 bits per heavy atom. The Labute approximate surface area is 127 Å². The van der Waals surface area contributed by atoms with Crippen molar-refractivity contribution in [2.45, 2.75) is 32.7 Å². The number of rotatable bonds is 6. The first-order valence-electron chi connectivity index (χ1n) is 7.57. The minimum Gasteiger partial charge on any atom is -0.497 e. The first kappa shape index (κ1) is 15.6. The van der Waals surface area contributed by atoms with Crippen molar-refractivity contribution in [3.05, 3.63) is 54.1 Å². The van der Waals surface area contributed by atoms with Crippen molar-refractivity contribution in [2.75, 3.05) is 7.11 Å². The summed E-state index contributed by atoms with van der Waals surface area (Å²) in [6, 6.07) is 17.1. The SMILES string of the molecule is COc1ccc(-c2ccc(CC(N)CC(C)C)cc2)cc1. The molecule has 0 aromatic heterocycles. The van der Waals surface area contributed by atoms with E-state index in [1.807, 2.05) is 12.1 Å². The van der Waals surface area contributed by atoms with Gasteiger partial charge in [0.15, 0.2) is 0 Å². The number of methoxy groups -OCH3 is 1. The van der Waals surface area contributed by atoms with E-state index in [9.17, 15) is 0 Å². The monoisotopic (exact) mass is 283 g/mol. The molecule has 0 spiro atoms. The molecule has 0 aliphatic rings. The summed E-state index contributed by atoms with van der Waals surface area (Å²) >= 11 is 0. The summed E-state index contributed by atoms with van der Waals surface area (Å²) in [6.07, 6.45) is 2.02.